The highest BCUT2D eigenvalue weighted by molar-refractivity contribution is 5.92. The Hall–Kier alpha value is -1.62. The van der Waals surface area contributed by atoms with Crippen LogP contribution in [0.5, 0.6) is 0 Å². The highest BCUT2D eigenvalue weighted by Gasteiger charge is 2.25. The van der Waals surface area contributed by atoms with Crippen molar-refractivity contribution in [3.63, 3.8) is 0 Å². The standard InChI is InChI=1S/C15H24N4O/c1-2-17-14-9-13(7-8-18-14)19-15(20)12-5-3-11(10-16)4-6-12/h7-9,11-12H,2-6,10,16H2,1H3,(H2,17,18,19,20). The van der Waals surface area contributed by atoms with E-state index in [1.807, 2.05) is 19.1 Å². The molecule has 0 spiro atoms. The largest absolute Gasteiger partial charge is 0.370 e. The number of pyridine rings is 1. The first-order chi connectivity index (χ1) is 9.72. The molecule has 5 nitrogen and oxygen atoms in total. The Bertz CT molecular complexity index is 441. The Morgan fingerprint density at radius 3 is 2.80 bits per heavy atom. The summed E-state index contributed by atoms with van der Waals surface area (Å²) in [5.74, 6) is 1.63. The Kier molecular flexibility index (Phi) is 5.35. The highest BCUT2D eigenvalue weighted by atomic mass is 16.1. The van der Waals surface area contributed by atoms with Crippen LogP contribution < -0.4 is 16.4 Å². The second-order valence-corrected chi connectivity index (χ2v) is 5.40. The first-order valence-corrected chi connectivity index (χ1v) is 7.43. The predicted octanol–water partition coefficient (Wildman–Crippen LogP) is 2.22. The topological polar surface area (TPSA) is 80.0 Å². The molecule has 1 saturated carbocycles. The third-order valence-electron chi connectivity index (χ3n) is 3.94. The van der Waals surface area contributed by atoms with Crippen LogP contribution in [0.4, 0.5) is 11.5 Å². The van der Waals surface area contributed by atoms with Gasteiger partial charge in [-0.3, -0.25) is 4.79 Å². The van der Waals surface area contributed by atoms with Crippen LogP contribution in [0.3, 0.4) is 0 Å². The summed E-state index contributed by atoms with van der Waals surface area (Å²) in [6.07, 6.45) is 5.72. The van der Waals surface area contributed by atoms with E-state index in [2.05, 4.69) is 15.6 Å². The fourth-order valence-electron chi connectivity index (χ4n) is 2.69. The maximum Gasteiger partial charge on any atom is 0.227 e. The first kappa shape index (κ1) is 14.8. The fraction of sp³-hybridized carbons (Fsp3) is 0.600. The van der Waals surface area contributed by atoms with E-state index in [4.69, 9.17) is 5.73 Å². The van der Waals surface area contributed by atoms with Gasteiger partial charge in [-0.1, -0.05) is 0 Å². The molecule has 1 heterocycles. The van der Waals surface area contributed by atoms with Gasteiger partial charge in [-0.05, 0) is 51.1 Å². The molecule has 2 rings (SSSR count). The summed E-state index contributed by atoms with van der Waals surface area (Å²) in [5.41, 5.74) is 6.49. The van der Waals surface area contributed by atoms with Crippen molar-refractivity contribution in [3.8, 4) is 0 Å². The van der Waals surface area contributed by atoms with Crippen molar-refractivity contribution in [1.29, 1.82) is 0 Å². The van der Waals surface area contributed by atoms with Crippen LogP contribution in [0.1, 0.15) is 32.6 Å². The molecular formula is C15H24N4O. The molecular weight excluding hydrogens is 252 g/mol. The number of aromatic nitrogens is 1. The van der Waals surface area contributed by atoms with Gasteiger partial charge in [0.1, 0.15) is 5.82 Å². The van der Waals surface area contributed by atoms with Crippen LogP contribution in [0.15, 0.2) is 18.3 Å². The minimum Gasteiger partial charge on any atom is -0.370 e. The SMILES string of the molecule is CCNc1cc(NC(=O)C2CCC(CN)CC2)ccn1. The molecule has 110 valence electrons. The molecule has 0 radical (unpaired) electrons. The second-order valence-electron chi connectivity index (χ2n) is 5.40. The molecule has 0 unspecified atom stereocenters. The summed E-state index contributed by atoms with van der Waals surface area (Å²) in [5, 5.41) is 6.13. The quantitative estimate of drug-likeness (QED) is 0.770. The molecule has 1 aliphatic carbocycles. The molecule has 1 fully saturated rings. The Morgan fingerprint density at radius 2 is 2.15 bits per heavy atom. The van der Waals surface area contributed by atoms with E-state index in [1.165, 1.54) is 0 Å². The van der Waals surface area contributed by atoms with Crippen LogP contribution in [-0.4, -0.2) is 24.0 Å². The molecule has 0 aromatic carbocycles. The molecule has 0 aliphatic heterocycles. The number of anilines is 2. The highest BCUT2D eigenvalue weighted by Crippen LogP contribution is 2.29. The van der Waals surface area contributed by atoms with Crippen LogP contribution in [-0.2, 0) is 4.79 Å². The zero-order valence-electron chi connectivity index (χ0n) is 12.1. The van der Waals surface area contributed by atoms with Gasteiger partial charge >= 0.3 is 0 Å². The molecule has 1 amide bonds. The third-order valence-corrected chi connectivity index (χ3v) is 3.94. The molecule has 0 atom stereocenters. The molecule has 4 N–H and O–H groups in total. The van der Waals surface area contributed by atoms with E-state index in [1.54, 1.807) is 6.20 Å². The Morgan fingerprint density at radius 1 is 1.40 bits per heavy atom. The lowest BCUT2D eigenvalue weighted by atomic mass is 9.81. The average molecular weight is 276 g/mol. The zero-order valence-corrected chi connectivity index (χ0v) is 12.1. The van der Waals surface area contributed by atoms with Crippen LogP contribution in [0.25, 0.3) is 0 Å². The Labute approximate surface area is 120 Å². The number of carbonyl (C=O) groups excluding carboxylic acids is 1. The Balaban J connectivity index is 1.89. The van der Waals surface area contributed by atoms with Crippen LogP contribution in [0.2, 0.25) is 0 Å². The average Bonchev–Trinajstić information content (AvgIpc) is 2.48. The molecule has 0 saturated heterocycles. The van der Waals surface area contributed by atoms with Gasteiger partial charge in [-0.25, -0.2) is 4.98 Å². The zero-order chi connectivity index (χ0) is 14.4. The van der Waals surface area contributed by atoms with Crippen molar-refractivity contribution in [2.24, 2.45) is 17.6 Å². The van der Waals surface area contributed by atoms with Gasteiger partial charge in [-0.15, -0.1) is 0 Å². The van der Waals surface area contributed by atoms with Gasteiger partial charge in [0.05, 0.1) is 0 Å². The first-order valence-electron chi connectivity index (χ1n) is 7.43. The number of nitrogens with one attached hydrogen (secondary N) is 2. The van der Waals surface area contributed by atoms with Gasteiger partial charge in [-0.2, -0.15) is 0 Å². The van der Waals surface area contributed by atoms with E-state index in [0.717, 1.165) is 50.3 Å². The summed E-state index contributed by atoms with van der Waals surface area (Å²) in [6, 6.07) is 3.69. The van der Waals surface area contributed by atoms with Crippen molar-refractivity contribution in [1.82, 2.24) is 4.98 Å². The number of nitrogens with zero attached hydrogens (tertiary/aromatic N) is 1. The molecule has 5 heteroatoms. The number of rotatable bonds is 5. The maximum absolute atomic E-state index is 12.2. The number of nitrogens with two attached hydrogens (primary N) is 1. The van der Waals surface area contributed by atoms with Crippen LogP contribution in [0, 0.1) is 11.8 Å². The summed E-state index contributed by atoms with van der Waals surface area (Å²) < 4.78 is 0. The lowest BCUT2D eigenvalue weighted by Gasteiger charge is -2.26. The lowest BCUT2D eigenvalue weighted by molar-refractivity contribution is -0.121. The van der Waals surface area contributed by atoms with Crippen molar-refractivity contribution < 1.29 is 4.79 Å². The molecule has 20 heavy (non-hydrogen) atoms. The fourth-order valence-corrected chi connectivity index (χ4v) is 2.69. The summed E-state index contributed by atoms with van der Waals surface area (Å²) in [4.78, 5) is 16.4. The predicted molar refractivity (Wildman–Crippen MR) is 81.5 cm³/mol. The number of hydrogen-bond acceptors (Lipinski definition) is 4. The maximum atomic E-state index is 12.2. The van der Waals surface area contributed by atoms with Crippen molar-refractivity contribution >= 4 is 17.4 Å². The van der Waals surface area contributed by atoms with Gasteiger partial charge < -0.3 is 16.4 Å². The van der Waals surface area contributed by atoms with Gasteiger partial charge in [0.2, 0.25) is 5.91 Å². The normalized spacial score (nSPS) is 22.3. The van der Waals surface area contributed by atoms with Gasteiger partial charge in [0.25, 0.3) is 0 Å². The van der Waals surface area contributed by atoms with E-state index in [0.29, 0.717) is 5.92 Å². The molecule has 0 bridgehead atoms. The van der Waals surface area contributed by atoms with Crippen LogP contribution >= 0.6 is 0 Å². The molecule has 1 aliphatic rings. The van der Waals surface area contributed by atoms with Gasteiger partial charge in [0, 0.05) is 30.4 Å². The lowest BCUT2D eigenvalue weighted by Crippen LogP contribution is -2.29. The van der Waals surface area contributed by atoms with E-state index >= 15 is 0 Å². The molecule has 1 aromatic rings. The summed E-state index contributed by atoms with van der Waals surface area (Å²) in [6.45, 7) is 3.57. The number of amides is 1. The smallest absolute Gasteiger partial charge is 0.227 e. The monoisotopic (exact) mass is 276 g/mol. The van der Waals surface area contributed by atoms with E-state index < -0.39 is 0 Å². The van der Waals surface area contributed by atoms with Crippen molar-refractivity contribution in [2.45, 2.75) is 32.6 Å². The van der Waals surface area contributed by atoms with Gasteiger partial charge in [0.15, 0.2) is 0 Å². The molecule has 1 aromatic heterocycles. The van der Waals surface area contributed by atoms with Crippen molar-refractivity contribution in [3.05, 3.63) is 18.3 Å². The summed E-state index contributed by atoms with van der Waals surface area (Å²) >= 11 is 0. The van der Waals surface area contributed by atoms with E-state index in [9.17, 15) is 4.79 Å². The minimum atomic E-state index is 0.119. The second kappa shape index (κ2) is 7.24. The minimum absolute atomic E-state index is 0.119. The van der Waals surface area contributed by atoms with E-state index in [-0.39, 0.29) is 11.8 Å². The summed E-state index contributed by atoms with van der Waals surface area (Å²) in [7, 11) is 0. The number of hydrogen-bond donors (Lipinski definition) is 3. The van der Waals surface area contributed by atoms with Crippen molar-refractivity contribution in [2.75, 3.05) is 23.7 Å². The third kappa shape index (κ3) is 3.93. The number of carbonyl (C=O) groups is 1.